The molecule has 0 aliphatic rings. The average molecular weight is 389 g/mol. The molecular formula is C21H44N2S2. The van der Waals surface area contributed by atoms with E-state index in [1.807, 2.05) is 0 Å². The van der Waals surface area contributed by atoms with Crippen LogP contribution in [-0.4, -0.2) is 17.4 Å². The van der Waals surface area contributed by atoms with E-state index in [4.69, 9.17) is 18.0 Å². The summed E-state index contributed by atoms with van der Waals surface area (Å²) >= 11 is 8.92. The molecule has 25 heavy (non-hydrogen) atoms. The number of unbranched alkanes of at least 4 members (excludes halogenated alkanes) is 17. The zero-order valence-corrected chi connectivity index (χ0v) is 18.3. The van der Waals surface area contributed by atoms with Crippen molar-refractivity contribution in [3.8, 4) is 0 Å². The number of rotatable bonds is 20. The molecule has 0 spiro atoms. The summed E-state index contributed by atoms with van der Waals surface area (Å²) in [5, 5.41) is 3.09. The molecule has 0 aromatic carbocycles. The Balaban J connectivity index is 2.97. The summed E-state index contributed by atoms with van der Waals surface area (Å²) < 4.78 is 0.623. The lowest BCUT2D eigenvalue weighted by Crippen LogP contribution is -2.17. The van der Waals surface area contributed by atoms with Crippen LogP contribution in [0.1, 0.15) is 116 Å². The smallest absolute Gasteiger partial charge is 0.130 e. The first-order valence-electron chi connectivity index (χ1n) is 10.9. The number of thiol groups is 1. The Bertz CT molecular complexity index is 273. The molecule has 0 heterocycles. The van der Waals surface area contributed by atoms with Gasteiger partial charge in [-0.3, -0.25) is 0 Å². The Kier molecular flexibility index (Phi) is 22.4. The lowest BCUT2D eigenvalue weighted by molar-refractivity contribution is 0.524. The van der Waals surface area contributed by atoms with Gasteiger partial charge in [0.2, 0.25) is 0 Å². The molecule has 0 aliphatic heterocycles. The monoisotopic (exact) mass is 388 g/mol. The number of nitrogens with two attached hydrogens (primary N) is 1. The molecule has 0 saturated heterocycles. The van der Waals surface area contributed by atoms with Crippen LogP contribution in [0.2, 0.25) is 0 Å². The normalized spacial score (nSPS) is 11.0. The Morgan fingerprint density at radius 1 is 0.560 bits per heavy atom. The molecule has 3 N–H and O–H groups in total. The van der Waals surface area contributed by atoms with E-state index in [0.29, 0.717) is 4.32 Å². The van der Waals surface area contributed by atoms with Crippen LogP contribution in [0.15, 0.2) is 0 Å². The number of thiocarbonyl (C=S) groups is 1. The lowest BCUT2D eigenvalue weighted by Gasteiger charge is -2.04. The second-order valence-corrected chi connectivity index (χ2v) is 8.54. The van der Waals surface area contributed by atoms with Gasteiger partial charge >= 0.3 is 0 Å². The SMILES string of the molecule is NCCCCCCCCCCCCCCCCCCCCNC(=S)S. The molecular weight excluding hydrogens is 344 g/mol. The molecule has 0 fully saturated rings. The zero-order valence-electron chi connectivity index (χ0n) is 16.6. The van der Waals surface area contributed by atoms with Gasteiger partial charge in [-0.05, 0) is 19.4 Å². The maximum Gasteiger partial charge on any atom is 0.130 e. The van der Waals surface area contributed by atoms with Gasteiger partial charge in [-0.1, -0.05) is 115 Å². The van der Waals surface area contributed by atoms with Gasteiger partial charge in [-0.25, -0.2) is 0 Å². The van der Waals surface area contributed by atoms with Crippen LogP contribution >= 0.6 is 24.8 Å². The third kappa shape index (κ3) is 24.2. The highest BCUT2D eigenvalue weighted by molar-refractivity contribution is 8.11. The molecule has 0 rings (SSSR count). The number of hydrogen-bond donors (Lipinski definition) is 3. The van der Waals surface area contributed by atoms with E-state index in [0.717, 1.165) is 13.1 Å². The Morgan fingerprint density at radius 2 is 0.840 bits per heavy atom. The predicted octanol–water partition coefficient (Wildman–Crippen LogP) is 6.77. The van der Waals surface area contributed by atoms with E-state index in [9.17, 15) is 0 Å². The molecule has 0 unspecified atom stereocenters. The first kappa shape index (κ1) is 25.2. The fourth-order valence-electron chi connectivity index (χ4n) is 3.29. The third-order valence-corrected chi connectivity index (χ3v) is 5.21. The van der Waals surface area contributed by atoms with Gasteiger partial charge in [0.05, 0.1) is 0 Å². The molecule has 4 heteroatoms. The van der Waals surface area contributed by atoms with Crippen molar-refractivity contribution in [2.75, 3.05) is 13.1 Å². The van der Waals surface area contributed by atoms with Gasteiger partial charge in [-0.2, -0.15) is 0 Å². The van der Waals surface area contributed by atoms with E-state index >= 15 is 0 Å². The van der Waals surface area contributed by atoms with Gasteiger partial charge in [0, 0.05) is 6.54 Å². The molecule has 0 aromatic heterocycles. The lowest BCUT2D eigenvalue weighted by atomic mass is 10.0. The molecule has 0 aliphatic carbocycles. The van der Waals surface area contributed by atoms with Crippen LogP contribution < -0.4 is 11.1 Å². The zero-order chi connectivity index (χ0) is 18.4. The number of nitrogens with one attached hydrogen (secondary N) is 1. The summed E-state index contributed by atoms with van der Waals surface area (Å²) in [6.45, 7) is 1.85. The minimum absolute atomic E-state index is 0.623. The van der Waals surface area contributed by atoms with Crippen LogP contribution in [0.25, 0.3) is 0 Å². The summed E-state index contributed by atoms with van der Waals surface area (Å²) in [6, 6.07) is 0. The first-order valence-corrected chi connectivity index (χ1v) is 11.8. The van der Waals surface area contributed by atoms with Crippen LogP contribution in [0.3, 0.4) is 0 Å². The van der Waals surface area contributed by atoms with Gasteiger partial charge in [-0.15, -0.1) is 12.6 Å². The largest absolute Gasteiger partial charge is 0.371 e. The number of hydrogen-bond acceptors (Lipinski definition) is 2. The van der Waals surface area contributed by atoms with Crippen molar-refractivity contribution in [3.63, 3.8) is 0 Å². The molecule has 0 radical (unpaired) electrons. The van der Waals surface area contributed by atoms with Crippen molar-refractivity contribution in [1.82, 2.24) is 5.32 Å². The topological polar surface area (TPSA) is 38.0 Å². The maximum atomic E-state index is 5.51. The van der Waals surface area contributed by atoms with Gasteiger partial charge < -0.3 is 11.1 Å². The van der Waals surface area contributed by atoms with Gasteiger partial charge in [0.1, 0.15) is 4.32 Å². The molecule has 2 nitrogen and oxygen atoms in total. The van der Waals surface area contributed by atoms with Crippen LogP contribution in [0.4, 0.5) is 0 Å². The average Bonchev–Trinajstić information content (AvgIpc) is 2.60. The van der Waals surface area contributed by atoms with E-state index in [-0.39, 0.29) is 0 Å². The van der Waals surface area contributed by atoms with Crippen LogP contribution in [0, 0.1) is 0 Å². The van der Waals surface area contributed by atoms with Crippen molar-refractivity contribution < 1.29 is 0 Å². The second-order valence-electron chi connectivity index (χ2n) is 7.38. The summed E-state index contributed by atoms with van der Waals surface area (Å²) in [7, 11) is 0. The maximum absolute atomic E-state index is 5.51. The Hall–Kier alpha value is 0.200. The molecule has 0 atom stereocenters. The summed E-state index contributed by atoms with van der Waals surface area (Å²) in [5.74, 6) is 0. The van der Waals surface area contributed by atoms with E-state index in [2.05, 4.69) is 17.9 Å². The summed E-state index contributed by atoms with van der Waals surface area (Å²) in [4.78, 5) is 0. The summed E-state index contributed by atoms with van der Waals surface area (Å²) in [6.07, 6.45) is 25.1. The minimum atomic E-state index is 0.623. The van der Waals surface area contributed by atoms with Crippen molar-refractivity contribution in [1.29, 1.82) is 0 Å². The van der Waals surface area contributed by atoms with Crippen molar-refractivity contribution in [2.45, 2.75) is 116 Å². The highest BCUT2D eigenvalue weighted by Crippen LogP contribution is 2.14. The Morgan fingerprint density at radius 3 is 1.12 bits per heavy atom. The van der Waals surface area contributed by atoms with Crippen LogP contribution in [0.5, 0.6) is 0 Å². The van der Waals surface area contributed by atoms with Crippen molar-refractivity contribution in [3.05, 3.63) is 0 Å². The highest BCUT2D eigenvalue weighted by atomic mass is 32.1. The molecule has 0 amide bonds. The fraction of sp³-hybridized carbons (Fsp3) is 0.952. The van der Waals surface area contributed by atoms with Crippen molar-refractivity contribution >= 4 is 29.2 Å². The fourth-order valence-corrected chi connectivity index (χ4v) is 3.51. The van der Waals surface area contributed by atoms with Crippen molar-refractivity contribution in [2.24, 2.45) is 5.73 Å². The summed E-state index contributed by atoms with van der Waals surface area (Å²) in [5.41, 5.74) is 5.51. The Labute approximate surface area is 168 Å². The molecule has 150 valence electrons. The molecule has 0 aromatic rings. The van der Waals surface area contributed by atoms with E-state index in [1.54, 1.807) is 0 Å². The highest BCUT2D eigenvalue weighted by Gasteiger charge is 1.95. The first-order chi connectivity index (χ1) is 12.3. The van der Waals surface area contributed by atoms with Gasteiger partial charge in [0.15, 0.2) is 0 Å². The minimum Gasteiger partial charge on any atom is -0.371 e. The van der Waals surface area contributed by atoms with Gasteiger partial charge in [0.25, 0.3) is 0 Å². The third-order valence-electron chi connectivity index (χ3n) is 4.91. The van der Waals surface area contributed by atoms with E-state index < -0.39 is 0 Å². The predicted molar refractivity (Wildman–Crippen MR) is 122 cm³/mol. The molecule has 0 bridgehead atoms. The van der Waals surface area contributed by atoms with E-state index in [1.165, 1.54) is 116 Å². The standard InChI is InChI=1S/C21H44N2S2/c22-19-17-15-13-11-9-7-5-3-1-2-4-6-8-10-12-14-16-18-20-23-21(24)25/h1-20,22H2,(H2,23,24,25). The quantitative estimate of drug-likeness (QED) is 0.122. The van der Waals surface area contributed by atoms with Crippen LogP contribution in [-0.2, 0) is 0 Å². The molecule has 0 saturated carbocycles. The second kappa shape index (κ2) is 22.2.